The van der Waals surface area contributed by atoms with Crippen LogP contribution in [0.3, 0.4) is 0 Å². The van der Waals surface area contributed by atoms with Gasteiger partial charge in [0, 0.05) is 18.1 Å². The zero-order chi connectivity index (χ0) is 15.1. The Morgan fingerprint density at radius 1 is 1.10 bits per heavy atom. The average Bonchev–Trinajstić information content (AvgIpc) is 2.46. The Hall–Kier alpha value is -1.84. The maximum absolute atomic E-state index is 11.8. The molecule has 0 aliphatic rings. The third-order valence-electron chi connectivity index (χ3n) is 3.13. The highest BCUT2D eigenvalue weighted by atomic mass is 35.5. The molecule has 0 aliphatic heterocycles. The molecule has 0 aliphatic carbocycles. The third-order valence-corrected chi connectivity index (χ3v) is 3.50. The number of hydrogen-bond donors (Lipinski definition) is 2. The Bertz CT molecular complexity index is 613. The molecule has 0 radical (unpaired) electrons. The molecule has 0 saturated carbocycles. The number of benzene rings is 2. The lowest BCUT2D eigenvalue weighted by molar-refractivity contribution is -0.120. The van der Waals surface area contributed by atoms with Gasteiger partial charge >= 0.3 is 0 Å². The van der Waals surface area contributed by atoms with Gasteiger partial charge < -0.3 is 10.6 Å². The summed E-state index contributed by atoms with van der Waals surface area (Å²) in [4.78, 5) is 11.8. The van der Waals surface area contributed by atoms with Gasteiger partial charge in [0.05, 0.1) is 6.54 Å². The van der Waals surface area contributed by atoms with E-state index in [-0.39, 0.29) is 5.91 Å². The molecule has 21 heavy (non-hydrogen) atoms. The average molecular weight is 303 g/mol. The van der Waals surface area contributed by atoms with Crippen LogP contribution in [0.5, 0.6) is 0 Å². The van der Waals surface area contributed by atoms with Crippen molar-refractivity contribution >= 4 is 17.5 Å². The summed E-state index contributed by atoms with van der Waals surface area (Å²) in [5.41, 5.74) is 3.32. The second-order valence-electron chi connectivity index (χ2n) is 4.96. The van der Waals surface area contributed by atoms with E-state index >= 15 is 0 Å². The van der Waals surface area contributed by atoms with Crippen molar-refractivity contribution in [3.8, 4) is 0 Å². The summed E-state index contributed by atoms with van der Waals surface area (Å²) in [5.74, 6) is -0.0393. The molecule has 2 aromatic carbocycles. The van der Waals surface area contributed by atoms with Crippen LogP contribution in [0.25, 0.3) is 0 Å². The molecule has 2 aromatic rings. The first-order valence-corrected chi connectivity index (χ1v) is 7.29. The molecule has 4 heteroatoms. The van der Waals surface area contributed by atoms with Crippen molar-refractivity contribution in [3.05, 3.63) is 70.2 Å². The normalized spacial score (nSPS) is 10.4. The first-order chi connectivity index (χ1) is 10.1. The van der Waals surface area contributed by atoms with Gasteiger partial charge in [-0.3, -0.25) is 4.79 Å². The van der Waals surface area contributed by atoms with Gasteiger partial charge in [-0.2, -0.15) is 0 Å². The van der Waals surface area contributed by atoms with Crippen LogP contribution in [0.1, 0.15) is 16.7 Å². The molecule has 0 fully saturated rings. The lowest BCUT2D eigenvalue weighted by Gasteiger charge is -2.08. The van der Waals surface area contributed by atoms with Gasteiger partial charge in [-0.1, -0.05) is 59.6 Å². The highest BCUT2D eigenvalue weighted by Crippen LogP contribution is 2.14. The van der Waals surface area contributed by atoms with Crippen LogP contribution in [-0.4, -0.2) is 12.5 Å². The van der Waals surface area contributed by atoms with Crippen LogP contribution in [-0.2, 0) is 17.9 Å². The molecule has 0 saturated heterocycles. The van der Waals surface area contributed by atoms with Crippen LogP contribution in [0.4, 0.5) is 0 Å². The Morgan fingerprint density at radius 3 is 2.67 bits per heavy atom. The zero-order valence-electron chi connectivity index (χ0n) is 12.0. The molecule has 0 aromatic heterocycles. The first-order valence-electron chi connectivity index (χ1n) is 6.91. The molecule has 1 amide bonds. The summed E-state index contributed by atoms with van der Waals surface area (Å²) >= 11 is 6.04. The summed E-state index contributed by atoms with van der Waals surface area (Å²) in [6, 6.07) is 15.7. The monoisotopic (exact) mass is 302 g/mol. The van der Waals surface area contributed by atoms with Crippen molar-refractivity contribution in [2.45, 2.75) is 20.0 Å². The van der Waals surface area contributed by atoms with Crippen LogP contribution >= 0.6 is 11.6 Å². The van der Waals surface area contributed by atoms with E-state index < -0.39 is 0 Å². The van der Waals surface area contributed by atoms with Crippen molar-refractivity contribution < 1.29 is 4.79 Å². The van der Waals surface area contributed by atoms with E-state index in [0.29, 0.717) is 24.7 Å². The molecule has 0 unspecified atom stereocenters. The SMILES string of the molecule is Cc1cccc(CNCC(=O)NCc2ccccc2Cl)c1. The highest BCUT2D eigenvalue weighted by Gasteiger charge is 2.03. The van der Waals surface area contributed by atoms with Crippen molar-refractivity contribution in [2.24, 2.45) is 0 Å². The van der Waals surface area contributed by atoms with E-state index in [1.165, 1.54) is 11.1 Å². The largest absolute Gasteiger partial charge is 0.351 e. The fraction of sp³-hybridized carbons (Fsp3) is 0.235. The van der Waals surface area contributed by atoms with Gasteiger partial charge in [-0.15, -0.1) is 0 Å². The maximum Gasteiger partial charge on any atom is 0.234 e. The number of nitrogens with one attached hydrogen (secondary N) is 2. The molecule has 0 atom stereocenters. The molecular formula is C17H19ClN2O. The van der Waals surface area contributed by atoms with Gasteiger partial charge in [-0.05, 0) is 24.1 Å². The quantitative estimate of drug-likeness (QED) is 0.861. The Morgan fingerprint density at radius 2 is 1.90 bits per heavy atom. The van der Waals surface area contributed by atoms with Crippen LogP contribution in [0.2, 0.25) is 5.02 Å². The van der Waals surface area contributed by atoms with Crippen LogP contribution in [0.15, 0.2) is 48.5 Å². The molecular weight excluding hydrogens is 284 g/mol. The molecule has 0 heterocycles. The second-order valence-corrected chi connectivity index (χ2v) is 5.37. The molecule has 110 valence electrons. The number of amides is 1. The van der Waals surface area contributed by atoms with Crippen LogP contribution in [0, 0.1) is 6.92 Å². The second kappa shape index (κ2) is 7.81. The van der Waals surface area contributed by atoms with E-state index in [1.807, 2.05) is 36.4 Å². The lowest BCUT2D eigenvalue weighted by atomic mass is 10.1. The molecule has 2 N–H and O–H groups in total. The minimum atomic E-state index is -0.0393. The molecule has 2 rings (SSSR count). The van der Waals surface area contributed by atoms with E-state index in [2.05, 4.69) is 29.7 Å². The van der Waals surface area contributed by atoms with Crippen LogP contribution < -0.4 is 10.6 Å². The van der Waals surface area contributed by atoms with E-state index in [0.717, 1.165) is 5.56 Å². The number of halogens is 1. The van der Waals surface area contributed by atoms with E-state index in [4.69, 9.17) is 11.6 Å². The predicted molar refractivity (Wildman–Crippen MR) is 86.2 cm³/mol. The summed E-state index contributed by atoms with van der Waals surface area (Å²) in [6.07, 6.45) is 0. The number of rotatable bonds is 6. The lowest BCUT2D eigenvalue weighted by Crippen LogP contribution is -2.33. The van der Waals surface area contributed by atoms with Gasteiger partial charge in [-0.25, -0.2) is 0 Å². The maximum atomic E-state index is 11.8. The van der Waals surface area contributed by atoms with Gasteiger partial charge in [0.25, 0.3) is 0 Å². The highest BCUT2D eigenvalue weighted by molar-refractivity contribution is 6.31. The number of aryl methyl sites for hydroxylation is 1. The number of carbonyl (C=O) groups excluding carboxylic acids is 1. The minimum Gasteiger partial charge on any atom is -0.351 e. The van der Waals surface area contributed by atoms with Crippen molar-refractivity contribution in [1.82, 2.24) is 10.6 Å². The molecule has 3 nitrogen and oxygen atoms in total. The zero-order valence-corrected chi connectivity index (χ0v) is 12.8. The van der Waals surface area contributed by atoms with Crippen molar-refractivity contribution in [3.63, 3.8) is 0 Å². The number of carbonyl (C=O) groups is 1. The van der Waals surface area contributed by atoms with Crippen molar-refractivity contribution in [1.29, 1.82) is 0 Å². The van der Waals surface area contributed by atoms with E-state index in [1.54, 1.807) is 0 Å². The minimum absolute atomic E-state index is 0.0393. The van der Waals surface area contributed by atoms with Gasteiger partial charge in [0.2, 0.25) is 5.91 Å². The Balaban J connectivity index is 1.72. The van der Waals surface area contributed by atoms with Gasteiger partial charge in [0.1, 0.15) is 0 Å². The van der Waals surface area contributed by atoms with E-state index in [9.17, 15) is 4.79 Å². The summed E-state index contributed by atoms with van der Waals surface area (Å²) in [7, 11) is 0. The summed E-state index contributed by atoms with van der Waals surface area (Å²) < 4.78 is 0. The molecule has 0 spiro atoms. The smallest absolute Gasteiger partial charge is 0.234 e. The summed E-state index contributed by atoms with van der Waals surface area (Å²) in [5, 5.41) is 6.66. The predicted octanol–water partition coefficient (Wildman–Crippen LogP) is 3.05. The fourth-order valence-electron chi connectivity index (χ4n) is 2.04. The first kappa shape index (κ1) is 15.5. The fourth-order valence-corrected chi connectivity index (χ4v) is 2.24. The molecule has 0 bridgehead atoms. The topological polar surface area (TPSA) is 41.1 Å². The van der Waals surface area contributed by atoms with Gasteiger partial charge in [0.15, 0.2) is 0 Å². The standard InChI is InChI=1S/C17H19ClN2O/c1-13-5-4-6-14(9-13)10-19-12-17(21)20-11-15-7-2-3-8-16(15)18/h2-9,19H,10-12H2,1H3,(H,20,21). The van der Waals surface area contributed by atoms with Crippen molar-refractivity contribution in [2.75, 3.05) is 6.54 Å². The number of hydrogen-bond acceptors (Lipinski definition) is 2. The third kappa shape index (κ3) is 5.21. The Kier molecular flexibility index (Phi) is 5.78. The Labute approximate surface area is 130 Å². The summed E-state index contributed by atoms with van der Waals surface area (Å²) in [6.45, 7) is 3.48.